The Morgan fingerprint density at radius 1 is 0.935 bits per heavy atom. The molecule has 2 aliphatic rings. The number of rotatable bonds is 7. The fourth-order valence-electron chi connectivity index (χ4n) is 3.94. The third kappa shape index (κ3) is 7.95. The average Bonchev–Trinajstić information content (AvgIpc) is 3.49. The van der Waals surface area contributed by atoms with E-state index in [0.717, 1.165) is 45.4 Å². The van der Waals surface area contributed by atoms with Crippen LogP contribution in [0.1, 0.15) is 50.4 Å². The zero-order valence-corrected chi connectivity index (χ0v) is 19.0. The molecule has 1 saturated heterocycles. The largest absolute Gasteiger partial charge is 0.349 e. The van der Waals surface area contributed by atoms with Gasteiger partial charge in [0.1, 0.15) is 13.1 Å². The summed E-state index contributed by atoms with van der Waals surface area (Å²) in [4.78, 5) is 39.8. The van der Waals surface area contributed by atoms with Crippen molar-refractivity contribution in [3.63, 3.8) is 0 Å². The van der Waals surface area contributed by atoms with Crippen LogP contribution in [-0.2, 0) is 9.59 Å². The highest BCUT2D eigenvalue weighted by Crippen LogP contribution is 2.21. The van der Waals surface area contributed by atoms with Crippen molar-refractivity contribution in [3.05, 3.63) is 29.8 Å². The molecule has 1 aromatic rings. The molecule has 1 aliphatic heterocycles. The summed E-state index contributed by atoms with van der Waals surface area (Å²) in [6, 6.07) is 7.43. The Balaban J connectivity index is 1.48. The van der Waals surface area contributed by atoms with Gasteiger partial charge in [0.25, 0.3) is 17.7 Å². The molecule has 1 saturated carbocycles. The summed E-state index contributed by atoms with van der Waals surface area (Å²) in [6.45, 7) is 10.3. The zero-order valence-electron chi connectivity index (χ0n) is 19.0. The number of quaternary nitrogens is 2. The minimum absolute atomic E-state index is 0.0739. The summed E-state index contributed by atoms with van der Waals surface area (Å²) in [7, 11) is 0. The van der Waals surface area contributed by atoms with E-state index in [1.54, 1.807) is 12.1 Å². The van der Waals surface area contributed by atoms with Crippen molar-refractivity contribution < 1.29 is 24.2 Å². The van der Waals surface area contributed by atoms with Gasteiger partial charge in [0, 0.05) is 18.0 Å². The number of anilines is 1. The van der Waals surface area contributed by atoms with Gasteiger partial charge in [-0.25, -0.2) is 0 Å². The fourth-order valence-corrected chi connectivity index (χ4v) is 3.94. The summed E-state index contributed by atoms with van der Waals surface area (Å²) >= 11 is 0. The molecule has 0 bridgehead atoms. The maximum atomic E-state index is 12.7. The Bertz CT molecular complexity index is 801. The lowest BCUT2D eigenvalue weighted by molar-refractivity contribution is -0.930. The first-order chi connectivity index (χ1) is 14.7. The van der Waals surface area contributed by atoms with E-state index in [1.165, 1.54) is 9.80 Å². The van der Waals surface area contributed by atoms with E-state index in [1.807, 2.05) is 32.9 Å². The van der Waals surface area contributed by atoms with Crippen molar-refractivity contribution in [2.45, 2.75) is 51.6 Å². The average molecular weight is 432 g/mol. The number of carbonyl (C=O) groups excluding carboxylic acids is 3. The monoisotopic (exact) mass is 431 g/mol. The van der Waals surface area contributed by atoms with E-state index < -0.39 is 0 Å². The number of carbonyl (C=O) groups is 3. The molecule has 31 heavy (non-hydrogen) atoms. The molecule has 1 aromatic carbocycles. The molecule has 0 spiro atoms. The maximum Gasteiger partial charge on any atom is 0.279 e. The van der Waals surface area contributed by atoms with Gasteiger partial charge in [0.15, 0.2) is 13.1 Å². The Labute approximate surface area is 184 Å². The minimum atomic E-state index is -0.219. The van der Waals surface area contributed by atoms with Crippen molar-refractivity contribution in [2.75, 3.05) is 44.6 Å². The van der Waals surface area contributed by atoms with E-state index >= 15 is 0 Å². The first kappa shape index (κ1) is 23.2. The number of hydrogen-bond donors (Lipinski definition) is 5. The molecule has 0 radical (unpaired) electrons. The number of hydrogen-bond acceptors (Lipinski definition) is 3. The lowest BCUT2D eigenvalue weighted by Crippen LogP contribution is -3.18. The van der Waals surface area contributed by atoms with Gasteiger partial charge in [-0.2, -0.15) is 0 Å². The topological polar surface area (TPSA) is 96.2 Å². The van der Waals surface area contributed by atoms with Crippen LogP contribution in [0.25, 0.3) is 0 Å². The molecule has 0 aromatic heterocycles. The van der Waals surface area contributed by atoms with Crippen LogP contribution in [0.4, 0.5) is 5.69 Å². The van der Waals surface area contributed by atoms with Crippen molar-refractivity contribution in [1.29, 1.82) is 0 Å². The van der Waals surface area contributed by atoms with E-state index in [0.29, 0.717) is 24.3 Å². The van der Waals surface area contributed by atoms with Crippen LogP contribution in [0, 0.1) is 0 Å². The lowest BCUT2D eigenvalue weighted by atomic mass is 10.1. The Hall–Kier alpha value is -2.45. The van der Waals surface area contributed by atoms with Crippen molar-refractivity contribution in [3.8, 4) is 0 Å². The first-order valence-electron chi connectivity index (χ1n) is 11.4. The second kappa shape index (κ2) is 10.2. The smallest absolute Gasteiger partial charge is 0.279 e. The van der Waals surface area contributed by atoms with Gasteiger partial charge in [0.05, 0.1) is 24.3 Å². The molecular weight excluding hydrogens is 394 g/mol. The molecule has 170 valence electrons. The second-order valence-electron chi connectivity index (χ2n) is 9.85. The molecular formula is C23H37N5O3+2. The molecule has 1 heterocycles. The van der Waals surface area contributed by atoms with Gasteiger partial charge in [-0.1, -0.05) is 12.1 Å². The number of benzene rings is 1. The summed E-state index contributed by atoms with van der Waals surface area (Å²) in [5.74, 6) is -0.145. The van der Waals surface area contributed by atoms with Crippen LogP contribution in [0.15, 0.2) is 24.3 Å². The summed E-state index contributed by atoms with van der Waals surface area (Å²) in [6.07, 6.45) is 3.02. The van der Waals surface area contributed by atoms with Gasteiger partial charge in [-0.3, -0.25) is 14.4 Å². The normalized spacial score (nSPS) is 21.6. The third-order valence-electron chi connectivity index (χ3n) is 5.59. The van der Waals surface area contributed by atoms with Crippen LogP contribution < -0.4 is 25.8 Å². The van der Waals surface area contributed by atoms with E-state index in [9.17, 15) is 14.4 Å². The van der Waals surface area contributed by atoms with Gasteiger partial charge in [-0.15, -0.1) is 0 Å². The quantitative estimate of drug-likeness (QED) is 0.368. The Kier molecular flexibility index (Phi) is 7.67. The molecule has 2 fully saturated rings. The molecule has 1 aliphatic carbocycles. The molecule has 3 amide bonds. The van der Waals surface area contributed by atoms with Gasteiger partial charge < -0.3 is 25.8 Å². The van der Waals surface area contributed by atoms with Gasteiger partial charge >= 0.3 is 0 Å². The highest BCUT2D eigenvalue weighted by atomic mass is 16.2. The maximum absolute atomic E-state index is 12.7. The Morgan fingerprint density at radius 3 is 2.16 bits per heavy atom. The van der Waals surface area contributed by atoms with Crippen molar-refractivity contribution in [1.82, 2.24) is 10.6 Å². The van der Waals surface area contributed by atoms with Crippen molar-refractivity contribution >= 4 is 23.4 Å². The van der Waals surface area contributed by atoms with Gasteiger partial charge in [-0.05, 0) is 45.7 Å². The zero-order chi connectivity index (χ0) is 22.4. The predicted octanol–water partition coefficient (Wildman–Crippen LogP) is -1.39. The summed E-state index contributed by atoms with van der Waals surface area (Å²) < 4.78 is 0. The summed E-state index contributed by atoms with van der Waals surface area (Å²) in [5.41, 5.74) is 0.851. The molecule has 8 heteroatoms. The highest BCUT2D eigenvalue weighted by Gasteiger charge is 2.27. The van der Waals surface area contributed by atoms with Crippen LogP contribution in [0.5, 0.6) is 0 Å². The number of nitrogens with one attached hydrogen (secondary N) is 5. The SMILES string of the molecule is CC(C)(C)NC(=O)C[NH+]1CCC[NH+](CC(=O)Nc2ccccc2C(=O)NC2CC2)CC1. The fraction of sp³-hybridized carbons (Fsp3) is 0.609. The highest BCUT2D eigenvalue weighted by molar-refractivity contribution is 6.04. The second-order valence-corrected chi connectivity index (χ2v) is 9.85. The standard InChI is InChI=1S/C23H35N5O3/c1-23(2,3)26-21(30)16-28-12-6-11-27(13-14-28)15-20(29)25-19-8-5-4-7-18(19)22(31)24-17-9-10-17/h4-5,7-8,17H,6,9-16H2,1-3H3,(H,24,31)(H,25,29)(H,26,30)/p+2. The first-order valence-corrected chi connectivity index (χ1v) is 11.4. The third-order valence-corrected chi connectivity index (χ3v) is 5.59. The molecule has 2 atom stereocenters. The van der Waals surface area contributed by atoms with Crippen LogP contribution >= 0.6 is 0 Å². The minimum Gasteiger partial charge on any atom is -0.349 e. The number of amides is 3. The Morgan fingerprint density at radius 2 is 1.55 bits per heavy atom. The number of para-hydroxylation sites is 1. The van der Waals surface area contributed by atoms with Crippen LogP contribution in [0.2, 0.25) is 0 Å². The van der Waals surface area contributed by atoms with E-state index in [-0.39, 0.29) is 29.3 Å². The van der Waals surface area contributed by atoms with Crippen LogP contribution in [-0.4, -0.2) is 68.6 Å². The lowest BCUT2D eigenvalue weighted by Gasteiger charge is -2.22. The molecule has 2 unspecified atom stereocenters. The van der Waals surface area contributed by atoms with Crippen LogP contribution in [0.3, 0.4) is 0 Å². The molecule has 5 N–H and O–H groups in total. The molecule has 3 rings (SSSR count). The van der Waals surface area contributed by atoms with E-state index in [4.69, 9.17) is 0 Å². The molecule has 8 nitrogen and oxygen atoms in total. The summed E-state index contributed by atoms with van der Waals surface area (Å²) in [5, 5.41) is 8.93. The van der Waals surface area contributed by atoms with E-state index in [2.05, 4.69) is 16.0 Å². The van der Waals surface area contributed by atoms with Crippen molar-refractivity contribution in [2.24, 2.45) is 0 Å². The van der Waals surface area contributed by atoms with Gasteiger partial charge in [0.2, 0.25) is 0 Å². The predicted molar refractivity (Wildman–Crippen MR) is 119 cm³/mol.